The van der Waals surface area contributed by atoms with Crippen LogP contribution in [0.4, 0.5) is 0 Å². The number of rotatable bonds is 6. The van der Waals surface area contributed by atoms with Gasteiger partial charge in [-0.25, -0.2) is 0 Å². The molecule has 3 rings (SSSR count). The number of carbonyl (C=O) groups is 1. The second-order valence-electron chi connectivity index (χ2n) is 5.15. The Morgan fingerprint density at radius 1 is 1.23 bits per heavy atom. The molecule has 0 unspecified atom stereocenters. The topological polar surface area (TPSA) is 76.7 Å². The van der Waals surface area contributed by atoms with E-state index in [1.54, 1.807) is 6.07 Å². The first-order valence-electron chi connectivity index (χ1n) is 7.24. The highest BCUT2D eigenvalue weighted by atomic mass is 16.6. The molecule has 6 heteroatoms. The molecule has 0 bridgehead atoms. The fraction of sp³-hybridized carbons (Fsp3) is 0.312. The summed E-state index contributed by atoms with van der Waals surface area (Å²) in [5, 5.41) is 10.5. The zero-order valence-electron chi connectivity index (χ0n) is 12.1. The molecule has 0 fully saturated rings. The van der Waals surface area contributed by atoms with Gasteiger partial charge in [0.2, 0.25) is 6.10 Å². The van der Waals surface area contributed by atoms with Gasteiger partial charge in [-0.3, -0.25) is 4.79 Å². The number of nitrogens with one attached hydrogen (secondary N) is 1. The minimum absolute atomic E-state index is 0.179. The van der Waals surface area contributed by atoms with Gasteiger partial charge in [0.15, 0.2) is 0 Å². The molecule has 0 saturated heterocycles. The number of aromatic nitrogens is 1. The summed E-state index contributed by atoms with van der Waals surface area (Å²) in [6, 6.07) is 11.9. The molecule has 0 saturated carbocycles. The molecule has 1 aliphatic heterocycles. The van der Waals surface area contributed by atoms with E-state index in [9.17, 15) is 4.79 Å². The summed E-state index contributed by atoms with van der Waals surface area (Å²) in [5.41, 5.74) is 2.85. The number of amides is 1. The zero-order valence-corrected chi connectivity index (χ0v) is 12.1. The molecule has 1 aromatic heterocycles. The number of nitrogens with zero attached hydrogens (tertiary/aromatic N) is 2. The SMILES string of the molecule is O=C(NCc1ccon1)[C@@H]1CC(CCc2ccccc2)=NO1. The number of benzene rings is 1. The van der Waals surface area contributed by atoms with E-state index in [1.807, 2.05) is 18.2 Å². The summed E-state index contributed by atoms with van der Waals surface area (Å²) >= 11 is 0. The Morgan fingerprint density at radius 2 is 2.09 bits per heavy atom. The predicted molar refractivity (Wildman–Crippen MR) is 80.0 cm³/mol. The summed E-state index contributed by atoms with van der Waals surface area (Å²) in [6.07, 6.45) is 3.17. The molecule has 1 aromatic carbocycles. The average molecular weight is 299 g/mol. The van der Waals surface area contributed by atoms with Crippen LogP contribution in [0.5, 0.6) is 0 Å². The molecule has 1 atom stereocenters. The molecule has 114 valence electrons. The van der Waals surface area contributed by atoms with E-state index in [0.717, 1.165) is 18.6 Å². The predicted octanol–water partition coefficient (Wildman–Crippen LogP) is 2.07. The Hall–Kier alpha value is -2.63. The van der Waals surface area contributed by atoms with Crippen LogP contribution >= 0.6 is 0 Å². The van der Waals surface area contributed by atoms with Crippen LogP contribution in [0.15, 0.2) is 52.3 Å². The van der Waals surface area contributed by atoms with Crippen molar-refractivity contribution in [1.29, 1.82) is 0 Å². The van der Waals surface area contributed by atoms with Crippen LogP contribution in [0.2, 0.25) is 0 Å². The van der Waals surface area contributed by atoms with Gasteiger partial charge in [0.1, 0.15) is 12.0 Å². The number of hydrogen-bond donors (Lipinski definition) is 1. The minimum atomic E-state index is -0.544. The second-order valence-corrected chi connectivity index (χ2v) is 5.15. The maximum Gasteiger partial charge on any atom is 0.264 e. The number of oxime groups is 1. The highest BCUT2D eigenvalue weighted by Gasteiger charge is 2.27. The van der Waals surface area contributed by atoms with Gasteiger partial charge in [-0.15, -0.1) is 0 Å². The summed E-state index contributed by atoms with van der Waals surface area (Å²) < 4.78 is 4.71. The summed E-state index contributed by atoms with van der Waals surface area (Å²) in [5.74, 6) is -0.179. The highest BCUT2D eigenvalue weighted by Crippen LogP contribution is 2.15. The van der Waals surface area contributed by atoms with Crippen LogP contribution in [0.25, 0.3) is 0 Å². The fourth-order valence-electron chi connectivity index (χ4n) is 2.27. The van der Waals surface area contributed by atoms with Crippen molar-refractivity contribution in [3.63, 3.8) is 0 Å². The van der Waals surface area contributed by atoms with E-state index in [1.165, 1.54) is 11.8 Å². The monoisotopic (exact) mass is 299 g/mol. The molecule has 2 heterocycles. The smallest absolute Gasteiger partial charge is 0.264 e. The summed E-state index contributed by atoms with van der Waals surface area (Å²) in [6.45, 7) is 0.328. The van der Waals surface area contributed by atoms with Gasteiger partial charge in [0.25, 0.3) is 5.91 Å². The van der Waals surface area contributed by atoms with Crippen molar-refractivity contribution in [3.05, 3.63) is 53.9 Å². The number of carbonyl (C=O) groups excluding carboxylic acids is 1. The lowest BCUT2D eigenvalue weighted by molar-refractivity contribution is -0.131. The fourth-order valence-corrected chi connectivity index (χ4v) is 2.27. The van der Waals surface area contributed by atoms with Gasteiger partial charge < -0.3 is 14.7 Å². The first-order chi connectivity index (χ1) is 10.8. The minimum Gasteiger partial charge on any atom is -0.382 e. The Balaban J connectivity index is 1.42. The van der Waals surface area contributed by atoms with Crippen LogP contribution < -0.4 is 5.32 Å². The van der Waals surface area contributed by atoms with Crippen molar-refractivity contribution in [2.24, 2.45) is 5.16 Å². The van der Waals surface area contributed by atoms with Crippen molar-refractivity contribution in [1.82, 2.24) is 10.5 Å². The molecule has 0 aliphatic carbocycles. The average Bonchev–Trinajstić information content (AvgIpc) is 3.23. The maximum atomic E-state index is 12.0. The normalized spacial score (nSPS) is 16.9. The van der Waals surface area contributed by atoms with Gasteiger partial charge in [0, 0.05) is 12.5 Å². The van der Waals surface area contributed by atoms with Crippen molar-refractivity contribution in [2.45, 2.75) is 31.9 Å². The third-order valence-electron chi connectivity index (χ3n) is 3.50. The van der Waals surface area contributed by atoms with Crippen LogP contribution in [-0.4, -0.2) is 22.9 Å². The van der Waals surface area contributed by atoms with Gasteiger partial charge >= 0.3 is 0 Å². The van der Waals surface area contributed by atoms with Gasteiger partial charge in [0.05, 0.1) is 12.3 Å². The molecular formula is C16H17N3O3. The Kier molecular flexibility index (Phi) is 4.48. The van der Waals surface area contributed by atoms with E-state index in [2.05, 4.69) is 27.8 Å². The van der Waals surface area contributed by atoms with E-state index >= 15 is 0 Å². The van der Waals surface area contributed by atoms with Crippen molar-refractivity contribution < 1.29 is 14.2 Å². The maximum absolute atomic E-state index is 12.0. The lowest BCUT2D eigenvalue weighted by atomic mass is 10.0. The largest absolute Gasteiger partial charge is 0.382 e. The van der Waals surface area contributed by atoms with Gasteiger partial charge in [-0.05, 0) is 18.4 Å². The van der Waals surface area contributed by atoms with Crippen molar-refractivity contribution in [3.8, 4) is 0 Å². The Bertz CT molecular complexity index is 638. The van der Waals surface area contributed by atoms with Crippen LogP contribution in [0.1, 0.15) is 24.1 Å². The molecule has 0 spiro atoms. The second kappa shape index (κ2) is 6.89. The van der Waals surface area contributed by atoms with Crippen molar-refractivity contribution >= 4 is 11.6 Å². The zero-order chi connectivity index (χ0) is 15.2. The molecule has 22 heavy (non-hydrogen) atoms. The Labute approximate surface area is 128 Å². The summed E-state index contributed by atoms with van der Waals surface area (Å²) in [4.78, 5) is 17.2. The van der Waals surface area contributed by atoms with E-state index in [4.69, 9.17) is 9.36 Å². The van der Waals surface area contributed by atoms with Crippen LogP contribution in [0.3, 0.4) is 0 Å². The standard InChI is InChI=1S/C16H17N3O3/c20-16(17-11-14-8-9-21-18-14)15-10-13(19-22-15)7-6-12-4-2-1-3-5-12/h1-5,8-9,15H,6-7,10-11H2,(H,17,20)/t15-/m0/s1. The molecule has 2 aromatic rings. The van der Waals surface area contributed by atoms with Crippen molar-refractivity contribution in [2.75, 3.05) is 0 Å². The molecule has 1 N–H and O–H groups in total. The summed E-state index contributed by atoms with van der Waals surface area (Å²) in [7, 11) is 0. The first kappa shape index (κ1) is 14.3. The van der Waals surface area contributed by atoms with Gasteiger partial charge in [-0.2, -0.15) is 0 Å². The number of hydrogen-bond acceptors (Lipinski definition) is 5. The van der Waals surface area contributed by atoms with Crippen LogP contribution in [-0.2, 0) is 22.6 Å². The number of aryl methyl sites for hydroxylation is 1. The Morgan fingerprint density at radius 3 is 2.86 bits per heavy atom. The molecular weight excluding hydrogens is 282 g/mol. The lowest BCUT2D eigenvalue weighted by Gasteiger charge is -2.07. The quantitative estimate of drug-likeness (QED) is 0.886. The lowest BCUT2D eigenvalue weighted by Crippen LogP contribution is -2.34. The van der Waals surface area contributed by atoms with Gasteiger partial charge in [-0.1, -0.05) is 40.6 Å². The van der Waals surface area contributed by atoms with E-state index < -0.39 is 6.10 Å². The highest BCUT2D eigenvalue weighted by molar-refractivity contribution is 5.92. The molecule has 1 amide bonds. The third-order valence-corrected chi connectivity index (χ3v) is 3.50. The van der Waals surface area contributed by atoms with E-state index in [-0.39, 0.29) is 5.91 Å². The van der Waals surface area contributed by atoms with Crippen LogP contribution in [0, 0.1) is 0 Å². The molecule has 6 nitrogen and oxygen atoms in total. The molecule has 1 aliphatic rings. The molecule has 0 radical (unpaired) electrons. The first-order valence-corrected chi connectivity index (χ1v) is 7.24. The van der Waals surface area contributed by atoms with E-state index in [0.29, 0.717) is 18.7 Å². The third kappa shape index (κ3) is 3.72.